The van der Waals surface area contributed by atoms with Crippen molar-refractivity contribution in [3.8, 4) is 11.5 Å². The van der Waals surface area contributed by atoms with Crippen LogP contribution >= 0.6 is 24.0 Å². The number of likely N-dealkylation sites (tertiary alicyclic amines) is 1. The molecule has 31 heavy (non-hydrogen) atoms. The lowest BCUT2D eigenvalue weighted by molar-refractivity contribution is -0.143. The van der Waals surface area contributed by atoms with Crippen LogP contribution < -0.4 is 20.1 Å². The van der Waals surface area contributed by atoms with E-state index in [1.165, 1.54) is 17.7 Å². The van der Waals surface area contributed by atoms with Gasteiger partial charge in [0.2, 0.25) is 0 Å². The van der Waals surface area contributed by atoms with E-state index in [1.807, 2.05) is 18.2 Å². The molecule has 0 bridgehead atoms. The van der Waals surface area contributed by atoms with E-state index >= 15 is 0 Å². The average molecular weight is 556 g/mol. The molecule has 3 rings (SSSR count). The molecule has 1 saturated heterocycles. The van der Waals surface area contributed by atoms with E-state index in [9.17, 15) is 13.2 Å². The molecule has 1 saturated carbocycles. The van der Waals surface area contributed by atoms with E-state index in [0.717, 1.165) is 24.2 Å². The molecule has 0 aromatic heterocycles. The highest BCUT2D eigenvalue weighted by Crippen LogP contribution is 2.34. The molecule has 176 valence electrons. The van der Waals surface area contributed by atoms with Crippen molar-refractivity contribution in [2.75, 3.05) is 33.8 Å². The minimum absolute atomic E-state index is 0. The Morgan fingerprint density at radius 2 is 1.97 bits per heavy atom. The number of benzene rings is 1. The lowest BCUT2D eigenvalue weighted by Gasteiger charge is -2.21. The predicted molar refractivity (Wildman–Crippen MR) is 126 cm³/mol. The fraction of sp³-hybridized carbons (Fsp3) is 0.667. The number of nitrogens with zero attached hydrogens (tertiary/aromatic N) is 2. The highest BCUT2D eigenvalue weighted by atomic mass is 127. The first kappa shape index (κ1) is 25.8. The molecule has 10 heteroatoms. The van der Waals surface area contributed by atoms with Gasteiger partial charge in [0.15, 0.2) is 17.5 Å². The summed E-state index contributed by atoms with van der Waals surface area (Å²) in [7, 11) is 3.28. The molecule has 1 aromatic rings. The Morgan fingerprint density at radius 1 is 1.23 bits per heavy atom. The molecule has 2 fully saturated rings. The SMILES string of the molecule is CN=C(NCc1cccc(OC)c1OC1CCCC1)NC1CCN(CC(F)(F)F)C1.I. The number of hydrogen-bond acceptors (Lipinski definition) is 4. The van der Waals surface area contributed by atoms with Crippen molar-refractivity contribution in [2.24, 2.45) is 4.99 Å². The van der Waals surface area contributed by atoms with Crippen LogP contribution in [-0.4, -0.2) is 63.0 Å². The molecule has 1 aliphatic heterocycles. The van der Waals surface area contributed by atoms with Gasteiger partial charge in [-0.2, -0.15) is 13.2 Å². The summed E-state index contributed by atoms with van der Waals surface area (Å²) in [5.74, 6) is 2.00. The fourth-order valence-corrected chi connectivity index (χ4v) is 4.08. The molecule has 0 amide bonds. The van der Waals surface area contributed by atoms with Gasteiger partial charge in [-0.15, -0.1) is 24.0 Å². The number of para-hydroxylation sites is 1. The Balaban J connectivity index is 0.00000341. The average Bonchev–Trinajstić information content (AvgIpc) is 3.36. The summed E-state index contributed by atoms with van der Waals surface area (Å²) in [5.41, 5.74) is 0.953. The number of halogens is 4. The molecule has 1 atom stereocenters. The lowest BCUT2D eigenvalue weighted by Crippen LogP contribution is -2.45. The van der Waals surface area contributed by atoms with Crippen LogP contribution in [0.5, 0.6) is 11.5 Å². The summed E-state index contributed by atoms with van der Waals surface area (Å²) < 4.78 is 49.5. The molecule has 1 aromatic carbocycles. The molecular weight excluding hydrogens is 524 g/mol. The fourth-order valence-electron chi connectivity index (χ4n) is 4.08. The smallest absolute Gasteiger partial charge is 0.401 e. The van der Waals surface area contributed by atoms with Crippen molar-refractivity contribution >= 4 is 29.9 Å². The monoisotopic (exact) mass is 556 g/mol. The van der Waals surface area contributed by atoms with Gasteiger partial charge in [0.25, 0.3) is 0 Å². The molecule has 2 aliphatic rings. The Morgan fingerprint density at radius 3 is 2.61 bits per heavy atom. The second kappa shape index (κ2) is 12.0. The summed E-state index contributed by atoms with van der Waals surface area (Å²) in [4.78, 5) is 5.64. The summed E-state index contributed by atoms with van der Waals surface area (Å²) in [6, 6.07) is 5.71. The predicted octanol–water partition coefficient (Wildman–Crippen LogP) is 3.94. The summed E-state index contributed by atoms with van der Waals surface area (Å²) in [6.45, 7) is 0.361. The van der Waals surface area contributed by atoms with E-state index < -0.39 is 12.7 Å². The maximum Gasteiger partial charge on any atom is 0.401 e. The van der Waals surface area contributed by atoms with Crippen molar-refractivity contribution in [3.63, 3.8) is 0 Å². The standard InChI is InChI=1S/C21H31F3N4O2.HI/c1-25-20(27-16-10-11-28(13-16)14-21(22,23)24)26-12-15-6-5-9-18(29-2)19(15)30-17-7-3-4-8-17;/h5-6,9,16-17H,3-4,7-8,10-14H2,1-2H3,(H2,25,26,27);1H. The van der Waals surface area contributed by atoms with Crippen molar-refractivity contribution in [2.45, 2.75) is 57.0 Å². The quantitative estimate of drug-likeness (QED) is 0.303. The van der Waals surface area contributed by atoms with Gasteiger partial charge in [-0.3, -0.25) is 9.89 Å². The van der Waals surface area contributed by atoms with Crippen LogP contribution in [0, 0.1) is 0 Å². The van der Waals surface area contributed by atoms with Crippen LogP contribution in [0.15, 0.2) is 23.2 Å². The second-order valence-corrected chi connectivity index (χ2v) is 7.88. The first-order valence-electron chi connectivity index (χ1n) is 10.5. The number of methoxy groups -OCH3 is 1. The molecule has 1 aliphatic carbocycles. The van der Waals surface area contributed by atoms with Crippen molar-refractivity contribution in [3.05, 3.63) is 23.8 Å². The van der Waals surface area contributed by atoms with E-state index in [0.29, 0.717) is 37.8 Å². The van der Waals surface area contributed by atoms with Gasteiger partial charge in [0, 0.05) is 38.3 Å². The van der Waals surface area contributed by atoms with Gasteiger partial charge in [0.05, 0.1) is 19.8 Å². The minimum Gasteiger partial charge on any atom is -0.493 e. The van der Waals surface area contributed by atoms with Gasteiger partial charge in [-0.05, 0) is 38.2 Å². The third-order valence-corrected chi connectivity index (χ3v) is 5.55. The minimum atomic E-state index is -4.17. The highest BCUT2D eigenvalue weighted by Gasteiger charge is 2.34. The Bertz CT molecular complexity index is 727. The lowest BCUT2D eigenvalue weighted by atomic mass is 10.1. The summed E-state index contributed by atoms with van der Waals surface area (Å²) in [5, 5.41) is 6.49. The number of alkyl halides is 3. The molecule has 1 heterocycles. The zero-order valence-corrected chi connectivity index (χ0v) is 20.3. The van der Waals surface area contributed by atoms with Gasteiger partial charge in [0.1, 0.15) is 0 Å². The molecule has 2 N–H and O–H groups in total. The summed E-state index contributed by atoms with van der Waals surface area (Å²) in [6.07, 6.45) is 1.13. The molecule has 0 radical (unpaired) electrons. The van der Waals surface area contributed by atoms with Gasteiger partial charge < -0.3 is 20.1 Å². The van der Waals surface area contributed by atoms with Crippen LogP contribution in [0.1, 0.15) is 37.7 Å². The maximum atomic E-state index is 12.6. The third-order valence-electron chi connectivity index (χ3n) is 5.55. The normalized spacial score (nSPS) is 20.4. The van der Waals surface area contributed by atoms with E-state index in [1.54, 1.807) is 14.2 Å². The molecule has 0 spiro atoms. The zero-order chi connectivity index (χ0) is 21.6. The van der Waals surface area contributed by atoms with E-state index in [2.05, 4.69) is 15.6 Å². The number of ether oxygens (including phenoxy) is 2. The van der Waals surface area contributed by atoms with E-state index in [-0.39, 0.29) is 36.1 Å². The van der Waals surface area contributed by atoms with Gasteiger partial charge in [-0.25, -0.2) is 0 Å². The first-order valence-corrected chi connectivity index (χ1v) is 10.5. The van der Waals surface area contributed by atoms with Crippen LogP contribution in [0.4, 0.5) is 13.2 Å². The van der Waals surface area contributed by atoms with Gasteiger partial charge in [-0.1, -0.05) is 12.1 Å². The van der Waals surface area contributed by atoms with Crippen LogP contribution in [0.25, 0.3) is 0 Å². The van der Waals surface area contributed by atoms with Gasteiger partial charge >= 0.3 is 6.18 Å². The number of guanidine groups is 1. The Labute approximate surface area is 199 Å². The van der Waals surface area contributed by atoms with E-state index in [4.69, 9.17) is 9.47 Å². The van der Waals surface area contributed by atoms with Crippen molar-refractivity contribution < 1.29 is 22.6 Å². The number of hydrogen-bond donors (Lipinski definition) is 2. The topological polar surface area (TPSA) is 58.1 Å². The largest absolute Gasteiger partial charge is 0.493 e. The third kappa shape index (κ3) is 7.89. The van der Waals surface area contributed by atoms with Crippen LogP contribution in [0.2, 0.25) is 0 Å². The number of aliphatic imine (C=N–C) groups is 1. The Kier molecular flexibility index (Phi) is 9.98. The second-order valence-electron chi connectivity index (χ2n) is 7.88. The Hall–Kier alpha value is -1.43. The van der Waals surface area contributed by atoms with Crippen molar-refractivity contribution in [1.29, 1.82) is 0 Å². The number of rotatable bonds is 7. The summed E-state index contributed by atoms with van der Waals surface area (Å²) >= 11 is 0. The number of nitrogens with one attached hydrogen (secondary N) is 2. The molecular formula is C21H32F3IN4O2. The molecule has 6 nitrogen and oxygen atoms in total. The maximum absolute atomic E-state index is 12.6. The zero-order valence-electron chi connectivity index (χ0n) is 18.0. The van der Waals surface area contributed by atoms with Crippen LogP contribution in [-0.2, 0) is 6.54 Å². The highest BCUT2D eigenvalue weighted by molar-refractivity contribution is 14.0. The van der Waals surface area contributed by atoms with Crippen molar-refractivity contribution in [1.82, 2.24) is 15.5 Å². The molecule has 1 unspecified atom stereocenters. The first-order chi connectivity index (χ1) is 14.4. The van der Waals surface area contributed by atoms with Crippen LogP contribution in [0.3, 0.4) is 0 Å².